The standard InChI is InChI=1S/C18H22N4O3/c1-13(2)18(25)21-9-7-20(8-10-21)17(24)12-22-15-6-4-3-5-14(15)19-11-16(22)23/h3-6,11,13H,7-10,12H2,1-2H3. The molecular formula is C18H22N4O3. The predicted molar refractivity (Wildman–Crippen MR) is 94.0 cm³/mol. The van der Waals surface area contributed by atoms with Gasteiger partial charge in [-0.2, -0.15) is 0 Å². The normalized spacial score (nSPS) is 15.0. The van der Waals surface area contributed by atoms with Gasteiger partial charge in [0.25, 0.3) is 5.56 Å². The highest BCUT2D eigenvalue weighted by Gasteiger charge is 2.25. The second kappa shape index (κ2) is 7.04. The van der Waals surface area contributed by atoms with Gasteiger partial charge in [-0.3, -0.25) is 19.0 Å². The molecule has 2 aromatic rings. The van der Waals surface area contributed by atoms with E-state index in [9.17, 15) is 14.4 Å². The van der Waals surface area contributed by atoms with Crippen LogP contribution in [0.15, 0.2) is 35.3 Å². The molecule has 0 saturated carbocycles. The first kappa shape index (κ1) is 17.1. The Balaban J connectivity index is 1.71. The van der Waals surface area contributed by atoms with Crippen LogP contribution in [0.4, 0.5) is 0 Å². The van der Waals surface area contributed by atoms with Crippen LogP contribution in [0.5, 0.6) is 0 Å². The third kappa shape index (κ3) is 3.55. The van der Waals surface area contributed by atoms with Crippen LogP contribution < -0.4 is 5.56 Å². The second-order valence-corrected chi connectivity index (χ2v) is 6.53. The van der Waals surface area contributed by atoms with Crippen molar-refractivity contribution in [3.8, 4) is 0 Å². The Kier molecular flexibility index (Phi) is 4.83. The number of nitrogens with zero attached hydrogens (tertiary/aromatic N) is 4. The smallest absolute Gasteiger partial charge is 0.269 e. The van der Waals surface area contributed by atoms with E-state index in [-0.39, 0.29) is 29.8 Å². The molecule has 1 aromatic carbocycles. The number of fused-ring (bicyclic) bond motifs is 1. The van der Waals surface area contributed by atoms with Crippen molar-refractivity contribution in [1.82, 2.24) is 19.4 Å². The van der Waals surface area contributed by atoms with Gasteiger partial charge in [0.2, 0.25) is 11.8 Å². The molecule has 25 heavy (non-hydrogen) atoms. The minimum absolute atomic E-state index is 0.0139. The minimum atomic E-state index is -0.291. The maximum atomic E-state index is 12.6. The van der Waals surface area contributed by atoms with Crippen molar-refractivity contribution in [2.45, 2.75) is 20.4 Å². The maximum absolute atomic E-state index is 12.6. The van der Waals surface area contributed by atoms with Crippen LogP contribution in [0.25, 0.3) is 11.0 Å². The molecule has 0 aliphatic carbocycles. The molecule has 0 atom stereocenters. The number of hydrogen-bond donors (Lipinski definition) is 0. The maximum Gasteiger partial charge on any atom is 0.269 e. The molecule has 1 aliphatic rings. The van der Waals surface area contributed by atoms with E-state index < -0.39 is 0 Å². The summed E-state index contributed by atoms with van der Waals surface area (Å²) in [5, 5.41) is 0. The number of aromatic nitrogens is 2. The molecule has 0 unspecified atom stereocenters. The molecule has 0 bridgehead atoms. The molecule has 0 N–H and O–H groups in total. The lowest BCUT2D eigenvalue weighted by molar-refractivity contribution is -0.141. The van der Waals surface area contributed by atoms with Crippen LogP contribution in [0, 0.1) is 5.92 Å². The first-order valence-corrected chi connectivity index (χ1v) is 8.48. The third-order valence-electron chi connectivity index (χ3n) is 4.48. The van der Waals surface area contributed by atoms with E-state index in [1.807, 2.05) is 32.0 Å². The Morgan fingerprint density at radius 2 is 1.72 bits per heavy atom. The van der Waals surface area contributed by atoms with Crippen LogP contribution in [0.2, 0.25) is 0 Å². The summed E-state index contributed by atoms with van der Waals surface area (Å²) in [7, 11) is 0. The van der Waals surface area contributed by atoms with Crippen molar-refractivity contribution < 1.29 is 9.59 Å². The topological polar surface area (TPSA) is 75.5 Å². The summed E-state index contributed by atoms with van der Waals surface area (Å²) in [6.45, 7) is 5.80. The van der Waals surface area contributed by atoms with Crippen LogP contribution in [0.3, 0.4) is 0 Å². The van der Waals surface area contributed by atoms with E-state index in [1.54, 1.807) is 15.9 Å². The summed E-state index contributed by atoms with van der Waals surface area (Å²) in [4.78, 5) is 44.4. The molecule has 0 radical (unpaired) electrons. The molecule has 132 valence electrons. The number of carbonyl (C=O) groups is 2. The van der Waals surface area contributed by atoms with Gasteiger partial charge in [-0.25, -0.2) is 4.98 Å². The van der Waals surface area contributed by atoms with Gasteiger partial charge in [-0.15, -0.1) is 0 Å². The van der Waals surface area contributed by atoms with Crippen molar-refractivity contribution in [2.75, 3.05) is 26.2 Å². The van der Waals surface area contributed by atoms with Crippen molar-refractivity contribution >= 4 is 22.8 Å². The fraction of sp³-hybridized carbons (Fsp3) is 0.444. The predicted octanol–water partition coefficient (Wildman–Crippen LogP) is 0.723. The van der Waals surface area contributed by atoms with Gasteiger partial charge in [0.1, 0.15) is 6.54 Å². The molecule has 1 aromatic heterocycles. The second-order valence-electron chi connectivity index (χ2n) is 6.53. The van der Waals surface area contributed by atoms with Gasteiger partial charge in [-0.05, 0) is 12.1 Å². The van der Waals surface area contributed by atoms with E-state index >= 15 is 0 Å². The summed E-state index contributed by atoms with van der Waals surface area (Å²) in [6, 6.07) is 7.26. The monoisotopic (exact) mass is 342 g/mol. The molecule has 2 heterocycles. The SMILES string of the molecule is CC(C)C(=O)N1CCN(C(=O)Cn2c(=O)cnc3ccccc32)CC1. The van der Waals surface area contributed by atoms with E-state index in [4.69, 9.17) is 0 Å². The zero-order valence-corrected chi connectivity index (χ0v) is 14.5. The lowest BCUT2D eigenvalue weighted by Crippen LogP contribution is -2.52. The zero-order chi connectivity index (χ0) is 18.0. The number of carbonyl (C=O) groups excluding carboxylic acids is 2. The van der Waals surface area contributed by atoms with Gasteiger partial charge in [-0.1, -0.05) is 26.0 Å². The van der Waals surface area contributed by atoms with Gasteiger partial charge in [0.15, 0.2) is 0 Å². The number of piperazine rings is 1. The number of benzene rings is 1. The van der Waals surface area contributed by atoms with Crippen LogP contribution >= 0.6 is 0 Å². The Labute approximate surface area is 145 Å². The van der Waals surface area contributed by atoms with Crippen LogP contribution in [-0.2, 0) is 16.1 Å². The molecule has 7 heteroatoms. The molecule has 3 rings (SSSR count). The first-order chi connectivity index (χ1) is 12.0. The number of rotatable bonds is 3. The number of para-hydroxylation sites is 2. The Bertz CT molecular complexity index is 851. The molecular weight excluding hydrogens is 320 g/mol. The molecule has 1 saturated heterocycles. The largest absolute Gasteiger partial charge is 0.339 e. The fourth-order valence-corrected chi connectivity index (χ4v) is 3.05. The number of amides is 2. The van der Waals surface area contributed by atoms with E-state index in [0.29, 0.717) is 37.2 Å². The van der Waals surface area contributed by atoms with E-state index in [1.165, 1.54) is 10.8 Å². The van der Waals surface area contributed by atoms with Gasteiger partial charge >= 0.3 is 0 Å². The first-order valence-electron chi connectivity index (χ1n) is 8.48. The average molecular weight is 342 g/mol. The van der Waals surface area contributed by atoms with Crippen LogP contribution in [-0.4, -0.2) is 57.3 Å². The minimum Gasteiger partial charge on any atom is -0.339 e. The summed E-state index contributed by atoms with van der Waals surface area (Å²) < 4.78 is 1.45. The third-order valence-corrected chi connectivity index (χ3v) is 4.48. The molecule has 1 aliphatic heterocycles. The summed E-state index contributed by atoms with van der Waals surface area (Å²) >= 11 is 0. The van der Waals surface area contributed by atoms with Gasteiger partial charge < -0.3 is 9.80 Å². The Morgan fingerprint density at radius 3 is 2.40 bits per heavy atom. The molecule has 2 amide bonds. The van der Waals surface area contributed by atoms with Crippen molar-refractivity contribution in [1.29, 1.82) is 0 Å². The fourth-order valence-electron chi connectivity index (χ4n) is 3.05. The quantitative estimate of drug-likeness (QED) is 0.824. The summed E-state index contributed by atoms with van der Waals surface area (Å²) in [6.07, 6.45) is 1.24. The van der Waals surface area contributed by atoms with Crippen molar-refractivity contribution in [2.24, 2.45) is 5.92 Å². The summed E-state index contributed by atoms with van der Waals surface area (Å²) in [5.41, 5.74) is 1.04. The van der Waals surface area contributed by atoms with E-state index in [0.717, 1.165) is 0 Å². The van der Waals surface area contributed by atoms with Gasteiger partial charge in [0.05, 0.1) is 17.2 Å². The van der Waals surface area contributed by atoms with Crippen molar-refractivity contribution in [3.63, 3.8) is 0 Å². The molecule has 0 spiro atoms. The average Bonchev–Trinajstić information content (AvgIpc) is 2.63. The van der Waals surface area contributed by atoms with Crippen LogP contribution in [0.1, 0.15) is 13.8 Å². The van der Waals surface area contributed by atoms with Crippen molar-refractivity contribution in [3.05, 3.63) is 40.8 Å². The van der Waals surface area contributed by atoms with E-state index in [2.05, 4.69) is 4.98 Å². The highest BCUT2D eigenvalue weighted by Crippen LogP contribution is 2.11. The zero-order valence-electron chi connectivity index (χ0n) is 14.5. The molecule has 1 fully saturated rings. The number of hydrogen-bond acceptors (Lipinski definition) is 4. The lowest BCUT2D eigenvalue weighted by Gasteiger charge is -2.35. The highest BCUT2D eigenvalue weighted by atomic mass is 16.2. The van der Waals surface area contributed by atoms with Gasteiger partial charge in [0, 0.05) is 32.1 Å². The Hall–Kier alpha value is -2.70. The lowest BCUT2D eigenvalue weighted by atomic mass is 10.1. The molecule has 7 nitrogen and oxygen atoms in total. The summed E-state index contributed by atoms with van der Waals surface area (Å²) in [5.74, 6) is -0.0393. The highest BCUT2D eigenvalue weighted by molar-refractivity contribution is 5.81. The Morgan fingerprint density at radius 1 is 1.08 bits per heavy atom.